The van der Waals surface area contributed by atoms with Crippen LogP contribution in [0.2, 0.25) is 0 Å². The van der Waals surface area contributed by atoms with Gasteiger partial charge >= 0.3 is 0 Å². The predicted molar refractivity (Wildman–Crippen MR) is 110 cm³/mol. The summed E-state index contributed by atoms with van der Waals surface area (Å²) in [5.74, 6) is 1.36. The van der Waals surface area contributed by atoms with Gasteiger partial charge in [-0.05, 0) is 30.3 Å². The zero-order valence-electron chi connectivity index (χ0n) is 15.7. The molecule has 1 aromatic carbocycles. The van der Waals surface area contributed by atoms with Crippen molar-refractivity contribution in [3.05, 3.63) is 66.1 Å². The van der Waals surface area contributed by atoms with Crippen LogP contribution in [0.5, 0.6) is 11.5 Å². The number of methoxy groups -OCH3 is 2. The molecule has 4 rings (SSSR count). The average molecular weight is 407 g/mol. The highest BCUT2D eigenvalue weighted by molar-refractivity contribution is 7.13. The lowest BCUT2D eigenvalue weighted by Gasteiger charge is -2.10. The SMILES string of the molecule is COc1cccc(-c2nc(C(=O)Nc3cccnc3-n3cccn3)cs2)c1OC. The van der Waals surface area contributed by atoms with Gasteiger partial charge in [-0.2, -0.15) is 5.10 Å². The van der Waals surface area contributed by atoms with Gasteiger partial charge < -0.3 is 14.8 Å². The van der Waals surface area contributed by atoms with Crippen LogP contribution in [0.15, 0.2) is 60.4 Å². The normalized spacial score (nSPS) is 10.6. The fourth-order valence-electron chi connectivity index (χ4n) is 2.81. The molecule has 29 heavy (non-hydrogen) atoms. The molecule has 4 aromatic rings. The van der Waals surface area contributed by atoms with Crippen LogP contribution in [0.3, 0.4) is 0 Å². The summed E-state index contributed by atoms with van der Waals surface area (Å²) in [6, 6.07) is 10.8. The van der Waals surface area contributed by atoms with Gasteiger partial charge in [-0.15, -0.1) is 11.3 Å². The number of anilines is 1. The number of hydrogen-bond acceptors (Lipinski definition) is 7. The summed E-state index contributed by atoms with van der Waals surface area (Å²) in [6.45, 7) is 0. The molecule has 3 heterocycles. The van der Waals surface area contributed by atoms with Gasteiger partial charge in [0.05, 0.1) is 25.5 Å². The summed E-state index contributed by atoms with van der Waals surface area (Å²) in [7, 11) is 3.15. The number of pyridine rings is 1. The number of aromatic nitrogens is 4. The minimum atomic E-state index is -0.337. The maximum Gasteiger partial charge on any atom is 0.275 e. The summed E-state index contributed by atoms with van der Waals surface area (Å²) in [6.07, 6.45) is 5.05. The van der Waals surface area contributed by atoms with Gasteiger partial charge in [0.1, 0.15) is 10.7 Å². The smallest absolute Gasteiger partial charge is 0.275 e. The van der Waals surface area contributed by atoms with E-state index in [1.165, 1.54) is 11.3 Å². The van der Waals surface area contributed by atoms with Crippen molar-refractivity contribution in [2.75, 3.05) is 19.5 Å². The van der Waals surface area contributed by atoms with Crippen LogP contribution in [-0.2, 0) is 0 Å². The molecule has 1 N–H and O–H groups in total. The van der Waals surface area contributed by atoms with E-state index in [9.17, 15) is 4.79 Å². The first-order chi connectivity index (χ1) is 14.2. The lowest BCUT2D eigenvalue weighted by molar-refractivity contribution is 0.102. The molecule has 146 valence electrons. The van der Waals surface area contributed by atoms with E-state index in [-0.39, 0.29) is 5.91 Å². The minimum absolute atomic E-state index is 0.296. The minimum Gasteiger partial charge on any atom is -0.493 e. The number of para-hydroxylation sites is 1. The van der Waals surface area contributed by atoms with Crippen LogP contribution in [0, 0.1) is 0 Å². The number of carbonyl (C=O) groups excluding carboxylic acids is 1. The second kappa shape index (κ2) is 8.11. The van der Waals surface area contributed by atoms with Crippen LogP contribution in [0.1, 0.15) is 10.5 Å². The van der Waals surface area contributed by atoms with Crippen LogP contribution in [-0.4, -0.2) is 39.9 Å². The Morgan fingerprint density at radius 1 is 1.10 bits per heavy atom. The van der Waals surface area contributed by atoms with E-state index in [0.717, 1.165) is 5.56 Å². The molecular weight excluding hydrogens is 390 g/mol. The molecule has 0 saturated carbocycles. The molecule has 0 saturated heterocycles. The molecule has 9 heteroatoms. The fourth-order valence-corrected chi connectivity index (χ4v) is 3.64. The standard InChI is InChI=1S/C20H17N5O3S/c1-27-16-8-3-6-13(17(16)28-2)20-24-15(12-29-20)19(26)23-14-7-4-9-21-18(14)25-11-5-10-22-25/h3-12H,1-2H3,(H,23,26). The highest BCUT2D eigenvalue weighted by Crippen LogP contribution is 2.39. The Labute approximate surface area is 170 Å². The lowest BCUT2D eigenvalue weighted by atomic mass is 10.2. The molecule has 0 unspecified atom stereocenters. The molecule has 1 amide bonds. The third-order valence-corrected chi connectivity index (χ3v) is 5.00. The number of hydrogen-bond donors (Lipinski definition) is 1. The van der Waals surface area contributed by atoms with Crippen LogP contribution in [0.4, 0.5) is 5.69 Å². The van der Waals surface area contributed by atoms with Crippen molar-refractivity contribution in [1.82, 2.24) is 19.7 Å². The van der Waals surface area contributed by atoms with E-state index in [1.54, 1.807) is 61.1 Å². The van der Waals surface area contributed by atoms with Crippen molar-refractivity contribution >= 4 is 22.9 Å². The third kappa shape index (κ3) is 3.67. The van der Waals surface area contributed by atoms with Crippen LogP contribution >= 0.6 is 11.3 Å². The number of carbonyl (C=O) groups is 1. The van der Waals surface area contributed by atoms with Gasteiger partial charge in [0, 0.05) is 24.0 Å². The van der Waals surface area contributed by atoms with E-state index in [2.05, 4.69) is 20.4 Å². The van der Waals surface area contributed by atoms with Crippen molar-refractivity contribution in [3.8, 4) is 27.9 Å². The topological polar surface area (TPSA) is 91.2 Å². The Morgan fingerprint density at radius 2 is 2.00 bits per heavy atom. The van der Waals surface area contributed by atoms with E-state index in [4.69, 9.17) is 9.47 Å². The highest BCUT2D eigenvalue weighted by Gasteiger charge is 2.18. The van der Waals surface area contributed by atoms with Crippen LogP contribution in [0.25, 0.3) is 16.4 Å². The zero-order valence-corrected chi connectivity index (χ0v) is 16.5. The van der Waals surface area contributed by atoms with E-state index in [0.29, 0.717) is 33.7 Å². The molecule has 0 aliphatic heterocycles. The van der Waals surface area contributed by atoms with E-state index >= 15 is 0 Å². The Bertz CT molecular complexity index is 1140. The van der Waals surface area contributed by atoms with E-state index in [1.807, 2.05) is 18.2 Å². The number of nitrogens with zero attached hydrogens (tertiary/aromatic N) is 4. The molecule has 0 aliphatic carbocycles. The van der Waals surface area contributed by atoms with Crippen molar-refractivity contribution in [2.24, 2.45) is 0 Å². The number of thiazole rings is 1. The lowest BCUT2D eigenvalue weighted by Crippen LogP contribution is -2.15. The number of benzene rings is 1. The summed E-state index contributed by atoms with van der Waals surface area (Å²) in [4.78, 5) is 21.6. The van der Waals surface area contributed by atoms with Gasteiger partial charge in [-0.1, -0.05) is 6.07 Å². The van der Waals surface area contributed by atoms with E-state index < -0.39 is 0 Å². The summed E-state index contributed by atoms with van der Waals surface area (Å²) in [5, 5.41) is 9.39. The third-order valence-electron chi connectivity index (χ3n) is 4.13. The summed E-state index contributed by atoms with van der Waals surface area (Å²) in [5.41, 5.74) is 1.59. The van der Waals surface area contributed by atoms with Gasteiger partial charge in [-0.3, -0.25) is 4.79 Å². The van der Waals surface area contributed by atoms with Gasteiger partial charge in [-0.25, -0.2) is 14.6 Å². The molecule has 0 bridgehead atoms. The molecular formula is C20H17N5O3S. The van der Waals surface area contributed by atoms with Gasteiger partial charge in [0.2, 0.25) is 0 Å². The Hall–Kier alpha value is -3.72. The second-order valence-electron chi connectivity index (χ2n) is 5.86. The number of amides is 1. The van der Waals surface area contributed by atoms with Crippen LogP contribution < -0.4 is 14.8 Å². The molecule has 0 aliphatic rings. The molecule has 8 nitrogen and oxygen atoms in total. The Morgan fingerprint density at radius 3 is 2.76 bits per heavy atom. The molecule has 0 fully saturated rings. The van der Waals surface area contributed by atoms with Crippen molar-refractivity contribution < 1.29 is 14.3 Å². The number of nitrogens with one attached hydrogen (secondary N) is 1. The second-order valence-corrected chi connectivity index (χ2v) is 6.72. The molecule has 3 aromatic heterocycles. The average Bonchev–Trinajstić information content (AvgIpc) is 3.46. The molecule has 0 spiro atoms. The highest BCUT2D eigenvalue weighted by atomic mass is 32.1. The summed E-state index contributed by atoms with van der Waals surface area (Å²) >= 11 is 1.35. The Balaban J connectivity index is 1.61. The Kier molecular flexibility index (Phi) is 5.21. The monoisotopic (exact) mass is 407 g/mol. The first kappa shape index (κ1) is 18.6. The fraction of sp³-hybridized carbons (Fsp3) is 0.100. The summed E-state index contributed by atoms with van der Waals surface area (Å²) < 4.78 is 12.4. The quantitative estimate of drug-likeness (QED) is 0.525. The molecule has 0 radical (unpaired) electrons. The maximum atomic E-state index is 12.8. The van der Waals surface area contributed by atoms with Gasteiger partial charge in [0.15, 0.2) is 17.3 Å². The predicted octanol–water partition coefficient (Wildman–Crippen LogP) is 3.66. The van der Waals surface area contributed by atoms with Crippen molar-refractivity contribution in [2.45, 2.75) is 0 Å². The van der Waals surface area contributed by atoms with Crippen molar-refractivity contribution in [1.29, 1.82) is 0 Å². The molecule has 0 atom stereocenters. The van der Waals surface area contributed by atoms with Crippen molar-refractivity contribution in [3.63, 3.8) is 0 Å². The largest absolute Gasteiger partial charge is 0.493 e. The first-order valence-electron chi connectivity index (χ1n) is 8.64. The van der Waals surface area contributed by atoms with Gasteiger partial charge in [0.25, 0.3) is 5.91 Å². The zero-order chi connectivity index (χ0) is 20.2. The maximum absolute atomic E-state index is 12.8. The number of ether oxygens (including phenoxy) is 2. The number of rotatable bonds is 6. The first-order valence-corrected chi connectivity index (χ1v) is 9.52.